The molecule has 0 aromatic heterocycles. The third-order valence-electron chi connectivity index (χ3n) is 5.64. The molecule has 28 heavy (non-hydrogen) atoms. The van der Waals surface area contributed by atoms with Crippen LogP contribution >= 0.6 is 0 Å². The average molecular weight is 382 g/mol. The van der Waals surface area contributed by atoms with E-state index in [0.29, 0.717) is 28.5 Å². The summed E-state index contributed by atoms with van der Waals surface area (Å²) in [5.41, 5.74) is 2.42. The molecule has 0 fully saturated rings. The molecule has 0 bridgehead atoms. The number of rotatable bonds is 5. The highest BCUT2D eigenvalue weighted by atomic mass is 16.6. The summed E-state index contributed by atoms with van der Waals surface area (Å²) in [6, 6.07) is 8.85. The highest BCUT2D eigenvalue weighted by Gasteiger charge is 2.43. The minimum Gasteiger partial charge on any atom is -0.495 e. The molecular formula is C21H22N2O5. The second-order valence-corrected chi connectivity index (χ2v) is 6.89. The van der Waals surface area contributed by atoms with E-state index in [9.17, 15) is 10.1 Å². The lowest BCUT2D eigenvalue weighted by atomic mass is 9.76. The Labute approximate surface area is 163 Å². The van der Waals surface area contributed by atoms with E-state index in [4.69, 9.17) is 14.2 Å². The molecule has 0 saturated carbocycles. The van der Waals surface area contributed by atoms with E-state index < -0.39 is 0 Å². The molecule has 2 aliphatic rings. The number of hydrogen-bond acceptors (Lipinski definition) is 6. The molecule has 0 saturated heterocycles. The van der Waals surface area contributed by atoms with Gasteiger partial charge in [-0.2, -0.15) is 0 Å². The van der Waals surface area contributed by atoms with Gasteiger partial charge in [-0.05, 0) is 24.5 Å². The van der Waals surface area contributed by atoms with Crippen molar-refractivity contribution in [1.82, 2.24) is 0 Å². The van der Waals surface area contributed by atoms with Gasteiger partial charge in [-0.3, -0.25) is 10.1 Å². The first kappa shape index (κ1) is 18.2. The van der Waals surface area contributed by atoms with Crippen molar-refractivity contribution in [2.24, 2.45) is 5.92 Å². The fourth-order valence-corrected chi connectivity index (χ4v) is 4.46. The summed E-state index contributed by atoms with van der Waals surface area (Å²) in [6.07, 6.45) is 4.97. The molecule has 7 heteroatoms. The van der Waals surface area contributed by atoms with Gasteiger partial charge in [0.05, 0.1) is 43.5 Å². The highest BCUT2D eigenvalue weighted by Crippen LogP contribution is 2.56. The maximum Gasteiger partial charge on any atom is 0.275 e. The Morgan fingerprint density at radius 1 is 1.07 bits per heavy atom. The van der Waals surface area contributed by atoms with Gasteiger partial charge in [0.15, 0.2) is 11.5 Å². The summed E-state index contributed by atoms with van der Waals surface area (Å²) in [5.74, 6) is 1.96. The van der Waals surface area contributed by atoms with Gasteiger partial charge in [0.2, 0.25) is 0 Å². The number of para-hydroxylation sites is 1. The smallest absolute Gasteiger partial charge is 0.275 e. The highest BCUT2D eigenvalue weighted by molar-refractivity contribution is 5.74. The van der Waals surface area contributed by atoms with Crippen LogP contribution in [0, 0.1) is 16.0 Å². The predicted molar refractivity (Wildman–Crippen MR) is 106 cm³/mol. The fourth-order valence-electron chi connectivity index (χ4n) is 4.46. The molecule has 0 amide bonds. The second-order valence-electron chi connectivity index (χ2n) is 6.89. The van der Waals surface area contributed by atoms with E-state index >= 15 is 0 Å². The summed E-state index contributed by atoms with van der Waals surface area (Å²) >= 11 is 0. The molecule has 1 aliphatic carbocycles. The van der Waals surface area contributed by atoms with E-state index in [1.54, 1.807) is 27.4 Å². The molecule has 1 heterocycles. The van der Waals surface area contributed by atoms with Crippen molar-refractivity contribution >= 4 is 11.4 Å². The molecule has 7 nitrogen and oxygen atoms in total. The van der Waals surface area contributed by atoms with Gasteiger partial charge in [-0.25, -0.2) is 0 Å². The van der Waals surface area contributed by atoms with Crippen molar-refractivity contribution in [3.05, 3.63) is 63.7 Å². The summed E-state index contributed by atoms with van der Waals surface area (Å²) in [7, 11) is 4.80. The molecule has 2 aromatic carbocycles. The molecule has 0 unspecified atom stereocenters. The van der Waals surface area contributed by atoms with Gasteiger partial charge in [0, 0.05) is 17.5 Å². The Balaban J connectivity index is 1.90. The first-order valence-electron chi connectivity index (χ1n) is 9.10. The lowest BCUT2D eigenvalue weighted by Crippen LogP contribution is -2.30. The summed E-state index contributed by atoms with van der Waals surface area (Å²) in [4.78, 5) is 11.3. The summed E-state index contributed by atoms with van der Waals surface area (Å²) < 4.78 is 16.6. The molecular weight excluding hydrogens is 360 g/mol. The Bertz CT molecular complexity index is 956. The van der Waals surface area contributed by atoms with Gasteiger partial charge in [0.25, 0.3) is 5.69 Å². The number of nitrogens with zero attached hydrogens (tertiary/aromatic N) is 1. The molecule has 2 aromatic rings. The van der Waals surface area contributed by atoms with E-state index in [2.05, 4.69) is 17.5 Å². The van der Waals surface area contributed by atoms with Crippen molar-refractivity contribution in [3.8, 4) is 17.2 Å². The maximum atomic E-state index is 11.7. The number of fused-ring (bicyclic) bond motifs is 3. The van der Waals surface area contributed by atoms with Crippen molar-refractivity contribution in [3.63, 3.8) is 0 Å². The van der Waals surface area contributed by atoms with E-state index in [1.807, 2.05) is 18.2 Å². The largest absolute Gasteiger partial charge is 0.495 e. The minimum absolute atomic E-state index is 0.0762. The minimum atomic E-state index is -0.324. The number of hydrogen-bond donors (Lipinski definition) is 1. The quantitative estimate of drug-likeness (QED) is 0.467. The van der Waals surface area contributed by atoms with Gasteiger partial charge < -0.3 is 19.5 Å². The molecule has 0 spiro atoms. The normalized spacial score (nSPS) is 22.0. The predicted octanol–water partition coefficient (Wildman–Crippen LogP) is 4.45. The maximum absolute atomic E-state index is 11.7. The Morgan fingerprint density at radius 3 is 2.54 bits per heavy atom. The van der Waals surface area contributed by atoms with E-state index in [1.165, 1.54) is 6.07 Å². The van der Waals surface area contributed by atoms with Crippen LogP contribution in [0.15, 0.2) is 42.5 Å². The molecule has 146 valence electrons. The Morgan fingerprint density at radius 2 is 1.86 bits per heavy atom. The van der Waals surface area contributed by atoms with Gasteiger partial charge >= 0.3 is 0 Å². The average Bonchev–Trinajstić information content (AvgIpc) is 3.21. The lowest BCUT2D eigenvalue weighted by molar-refractivity contribution is -0.385. The number of nitro benzene ring substituents is 1. The van der Waals surface area contributed by atoms with Crippen molar-refractivity contribution in [2.45, 2.75) is 18.4 Å². The van der Waals surface area contributed by atoms with Crippen LogP contribution in [0.5, 0.6) is 17.2 Å². The van der Waals surface area contributed by atoms with Crippen LogP contribution in [0.2, 0.25) is 0 Å². The number of nitro groups is 1. The Hall–Kier alpha value is -3.22. The standard InChI is InChI=1S/C21H22N2O5/c1-26-16-11-10-15(23(24)25)18-12-6-4-7-13(12)19(22-20(16)18)14-8-5-9-17(27-2)21(14)28-3/h4-6,8-13,19,22H,7H2,1-3H3/t12-,13+,19+/m1/s1. The molecule has 1 N–H and O–H groups in total. The van der Waals surface area contributed by atoms with Gasteiger partial charge in [-0.15, -0.1) is 0 Å². The first-order chi connectivity index (χ1) is 13.6. The number of anilines is 1. The number of methoxy groups -OCH3 is 3. The molecule has 1 aliphatic heterocycles. The second kappa shape index (κ2) is 7.07. The third-order valence-corrected chi connectivity index (χ3v) is 5.64. The number of allylic oxidation sites excluding steroid dienone is 2. The van der Waals surface area contributed by atoms with Gasteiger partial charge in [-0.1, -0.05) is 24.3 Å². The number of nitrogens with one attached hydrogen (secondary N) is 1. The first-order valence-corrected chi connectivity index (χ1v) is 9.10. The topological polar surface area (TPSA) is 82.9 Å². The number of benzene rings is 2. The van der Waals surface area contributed by atoms with Crippen LogP contribution in [0.4, 0.5) is 11.4 Å². The van der Waals surface area contributed by atoms with Crippen LogP contribution in [0.25, 0.3) is 0 Å². The van der Waals surface area contributed by atoms with Crippen molar-refractivity contribution in [2.75, 3.05) is 26.6 Å². The zero-order valence-electron chi connectivity index (χ0n) is 16.0. The SMILES string of the molecule is COc1ccc([N+](=O)[O-])c2c1N[C@H](c1cccc(OC)c1OC)[C@H]1CC=C[C@@H]21. The van der Waals surface area contributed by atoms with E-state index in [-0.39, 0.29) is 28.5 Å². The van der Waals surface area contributed by atoms with Gasteiger partial charge in [0.1, 0.15) is 5.75 Å². The molecule has 4 rings (SSSR count). The van der Waals surface area contributed by atoms with Crippen LogP contribution in [-0.4, -0.2) is 26.3 Å². The van der Waals surface area contributed by atoms with Crippen molar-refractivity contribution < 1.29 is 19.1 Å². The summed E-state index contributed by atoms with van der Waals surface area (Å²) in [5, 5.41) is 15.2. The third kappa shape index (κ3) is 2.66. The zero-order chi connectivity index (χ0) is 19.8. The summed E-state index contributed by atoms with van der Waals surface area (Å²) in [6.45, 7) is 0. The zero-order valence-corrected chi connectivity index (χ0v) is 16.0. The van der Waals surface area contributed by atoms with Crippen molar-refractivity contribution in [1.29, 1.82) is 0 Å². The Kier molecular flexibility index (Phi) is 4.58. The molecule has 0 radical (unpaired) electrons. The molecule has 3 atom stereocenters. The van der Waals surface area contributed by atoms with Crippen LogP contribution in [0.1, 0.15) is 29.5 Å². The van der Waals surface area contributed by atoms with Crippen LogP contribution in [-0.2, 0) is 0 Å². The fraction of sp³-hybridized carbons (Fsp3) is 0.333. The van der Waals surface area contributed by atoms with Crippen LogP contribution < -0.4 is 19.5 Å². The number of ether oxygens (including phenoxy) is 3. The van der Waals surface area contributed by atoms with E-state index in [0.717, 1.165) is 12.0 Å². The lowest BCUT2D eigenvalue weighted by Gasteiger charge is -2.38. The monoisotopic (exact) mass is 382 g/mol. The van der Waals surface area contributed by atoms with Crippen LogP contribution in [0.3, 0.4) is 0 Å².